The standard InChI is InChI=1S/C21H25NO5.C12H23N/c1-21(2,3)27-17-11-9-15(10-12-17)13-18(19(23)24)22-20(25)26-14-16-7-5-4-6-8-16;1-3-7-11(8-4-1)13-12-9-5-2-6-10-12/h4-12,18H,13-14H2,1-3H3,(H,22,25)(H,23,24);11-13H,1-10H2/t18-;/m1./s1. The van der Waals surface area contributed by atoms with E-state index in [1.807, 2.05) is 51.1 Å². The van der Waals surface area contributed by atoms with Gasteiger partial charge in [-0.15, -0.1) is 0 Å². The van der Waals surface area contributed by atoms with Crippen LogP contribution in [0.5, 0.6) is 5.75 Å². The largest absolute Gasteiger partial charge is 0.488 e. The van der Waals surface area contributed by atoms with Crippen molar-refractivity contribution in [2.45, 2.75) is 122 Å². The van der Waals surface area contributed by atoms with Crippen LogP contribution in [0.2, 0.25) is 0 Å². The first-order chi connectivity index (χ1) is 19.2. The van der Waals surface area contributed by atoms with Crippen LogP contribution >= 0.6 is 0 Å². The lowest BCUT2D eigenvalue weighted by molar-refractivity contribution is -0.139. The number of benzene rings is 2. The van der Waals surface area contributed by atoms with Crippen molar-refractivity contribution in [3.05, 3.63) is 65.7 Å². The van der Waals surface area contributed by atoms with Crippen molar-refractivity contribution in [3.63, 3.8) is 0 Å². The zero-order valence-corrected chi connectivity index (χ0v) is 24.5. The second-order valence-electron chi connectivity index (χ2n) is 12.0. The Hall–Kier alpha value is -3.06. The van der Waals surface area contributed by atoms with Crippen molar-refractivity contribution in [2.75, 3.05) is 0 Å². The molecule has 1 amide bonds. The van der Waals surface area contributed by atoms with Crippen molar-refractivity contribution in [2.24, 2.45) is 0 Å². The molecule has 0 unspecified atom stereocenters. The minimum absolute atomic E-state index is 0.0812. The summed E-state index contributed by atoms with van der Waals surface area (Å²) in [5, 5.41) is 15.6. The van der Waals surface area contributed by atoms with E-state index in [4.69, 9.17) is 9.47 Å². The molecule has 0 radical (unpaired) electrons. The molecule has 2 aliphatic carbocycles. The maximum atomic E-state index is 11.9. The summed E-state index contributed by atoms with van der Waals surface area (Å²) >= 11 is 0. The second kappa shape index (κ2) is 16.3. The Balaban J connectivity index is 0.000000281. The summed E-state index contributed by atoms with van der Waals surface area (Å²) in [4.78, 5) is 23.4. The summed E-state index contributed by atoms with van der Waals surface area (Å²) in [5.74, 6) is -0.421. The van der Waals surface area contributed by atoms with Crippen LogP contribution < -0.4 is 15.4 Å². The minimum atomic E-state index is -1.12. The quantitative estimate of drug-likeness (QED) is 0.309. The number of ether oxygens (including phenoxy) is 2. The van der Waals surface area contributed by atoms with Crippen LogP contribution in [-0.4, -0.2) is 40.9 Å². The van der Waals surface area contributed by atoms with Crippen molar-refractivity contribution in [1.82, 2.24) is 10.6 Å². The summed E-state index contributed by atoms with van der Waals surface area (Å²) in [6, 6.07) is 17.0. The Morgan fingerprint density at radius 3 is 1.88 bits per heavy atom. The van der Waals surface area contributed by atoms with Crippen molar-refractivity contribution >= 4 is 12.1 Å². The molecule has 40 heavy (non-hydrogen) atoms. The third-order valence-electron chi connectivity index (χ3n) is 7.27. The highest BCUT2D eigenvalue weighted by Gasteiger charge is 2.22. The van der Waals surface area contributed by atoms with Gasteiger partial charge in [-0.05, 0) is 69.7 Å². The molecule has 0 spiro atoms. The van der Waals surface area contributed by atoms with E-state index in [0.29, 0.717) is 5.75 Å². The fraction of sp³-hybridized carbons (Fsp3) is 0.576. The molecule has 7 nitrogen and oxygen atoms in total. The number of hydrogen-bond acceptors (Lipinski definition) is 5. The molecular weight excluding hydrogens is 504 g/mol. The molecule has 2 fully saturated rings. The number of carbonyl (C=O) groups is 2. The molecule has 0 heterocycles. The van der Waals surface area contributed by atoms with Crippen LogP contribution in [0, 0.1) is 0 Å². The highest BCUT2D eigenvalue weighted by Crippen LogP contribution is 2.23. The van der Waals surface area contributed by atoms with Crippen LogP contribution in [0.3, 0.4) is 0 Å². The summed E-state index contributed by atoms with van der Waals surface area (Å²) in [6.45, 7) is 5.93. The number of alkyl carbamates (subject to hydrolysis) is 1. The maximum Gasteiger partial charge on any atom is 0.408 e. The van der Waals surface area contributed by atoms with Gasteiger partial charge in [0, 0.05) is 18.5 Å². The summed E-state index contributed by atoms with van der Waals surface area (Å²) in [7, 11) is 0. The summed E-state index contributed by atoms with van der Waals surface area (Å²) < 4.78 is 10.8. The number of amides is 1. The highest BCUT2D eigenvalue weighted by atomic mass is 16.5. The average Bonchev–Trinajstić information content (AvgIpc) is 2.94. The Morgan fingerprint density at radius 1 is 0.825 bits per heavy atom. The number of hydrogen-bond donors (Lipinski definition) is 3. The molecule has 2 aromatic rings. The molecular formula is C33H48N2O5. The van der Waals surface area contributed by atoms with Gasteiger partial charge >= 0.3 is 12.1 Å². The predicted octanol–water partition coefficient (Wildman–Crippen LogP) is 7.03. The van der Waals surface area contributed by atoms with E-state index in [9.17, 15) is 14.7 Å². The molecule has 2 saturated carbocycles. The van der Waals surface area contributed by atoms with E-state index in [1.54, 1.807) is 24.3 Å². The first-order valence-corrected chi connectivity index (χ1v) is 14.9. The number of nitrogens with one attached hydrogen (secondary N) is 2. The van der Waals surface area contributed by atoms with E-state index in [-0.39, 0.29) is 18.6 Å². The topological polar surface area (TPSA) is 96.9 Å². The first kappa shape index (κ1) is 31.5. The lowest BCUT2D eigenvalue weighted by atomic mass is 9.91. The second-order valence-corrected chi connectivity index (χ2v) is 12.0. The van der Waals surface area contributed by atoms with Gasteiger partial charge in [-0.3, -0.25) is 0 Å². The lowest BCUT2D eigenvalue weighted by Gasteiger charge is -2.30. The van der Waals surface area contributed by atoms with Gasteiger partial charge in [0.2, 0.25) is 0 Å². The Kier molecular flexibility index (Phi) is 12.8. The summed E-state index contributed by atoms with van der Waals surface area (Å²) in [5.41, 5.74) is 1.29. The maximum absolute atomic E-state index is 11.9. The van der Waals surface area contributed by atoms with Crippen LogP contribution in [0.15, 0.2) is 54.6 Å². The molecule has 1 atom stereocenters. The van der Waals surface area contributed by atoms with Crippen molar-refractivity contribution < 1.29 is 24.2 Å². The third-order valence-corrected chi connectivity index (χ3v) is 7.27. The number of aliphatic carboxylic acids is 1. The van der Waals surface area contributed by atoms with E-state index in [1.165, 1.54) is 64.2 Å². The molecule has 2 aliphatic rings. The van der Waals surface area contributed by atoms with E-state index in [2.05, 4.69) is 10.6 Å². The Bertz CT molecular complexity index is 991. The van der Waals surface area contributed by atoms with Crippen LogP contribution in [0.1, 0.15) is 96.1 Å². The van der Waals surface area contributed by atoms with Crippen LogP contribution in [-0.2, 0) is 22.6 Å². The van der Waals surface area contributed by atoms with Gasteiger partial charge in [0.25, 0.3) is 0 Å². The molecule has 3 N–H and O–H groups in total. The Labute approximate surface area is 240 Å². The number of carboxylic acid groups (broad SMARTS) is 1. The zero-order chi connectivity index (χ0) is 28.8. The molecule has 0 aliphatic heterocycles. The molecule has 0 saturated heterocycles. The van der Waals surface area contributed by atoms with Gasteiger partial charge in [-0.25, -0.2) is 9.59 Å². The summed E-state index contributed by atoms with van der Waals surface area (Å²) in [6.07, 6.45) is 13.9. The molecule has 7 heteroatoms. The SMILES string of the molecule is C1CCC(NC2CCCCC2)CC1.CC(C)(C)Oc1ccc(C[C@@H](NC(=O)OCc2ccccc2)C(=O)O)cc1. The molecule has 2 aromatic carbocycles. The lowest BCUT2D eigenvalue weighted by Crippen LogP contribution is -2.42. The number of carbonyl (C=O) groups excluding carboxylic acids is 1. The zero-order valence-electron chi connectivity index (χ0n) is 24.5. The van der Waals surface area contributed by atoms with Gasteiger partial charge in [0.1, 0.15) is 24.0 Å². The number of carboxylic acids is 1. The van der Waals surface area contributed by atoms with Gasteiger partial charge < -0.3 is 25.2 Å². The smallest absolute Gasteiger partial charge is 0.408 e. The van der Waals surface area contributed by atoms with Gasteiger partial charge in [0.15, 0.2) is 0 Å². The molecule has 0 aromatic heterocycles. The van der Waals surface area contributed by atoms with Gasteiger partial charge in [-0.1, -0.05) is 81.0 Å². The molecule has 220 valence electrons. The van der Waals surface area contributed by atoms with Gasteiger partial charge in [-0.2, -0.15) is 0 Å². The minimum Gasteiger partial charge on any atom is -0.488 e. The Morgan fingerprint density at radius 2 is 1.38 bits per heavy atom. The van der Waals surface area contributed by atoms with E-state index in [0.717, 1.165) is 23.2 Å². The third kappa shape index (κ3) is 12.4. The van der Waals surface area contributed by atoms with E-state index >= 15 is 0 Å². The van der Waals surface area contributed by atoms with E-state index < -0.39 is 18.1 Å². The van der Waals surface area contributed by atoms with Gasteiger partial charge in [0.05, 0.1) is 0 Å². The van der Waals surface area contributed by atoms with Crippen molar-refractivity contribution in [1.29, 1.82) is 0 Å². The highest BCUT2D eigenvalue weighted by molar-refractivity contribution is 5.80. The van der Waals surface area contributed by atoms with Crippen molar-refractivity contribution in [3.8, 4) is 5.75 Å². The monoisotopic (exact) mass is 552 g/mol. The molecule has 0 bridgehead atoms. The number of rotatable bonds is 9. The fourth-order valence-corrected chi connectivity index (χ4v) is 5.26. The van der Waals surface area contributed by atoms with Crippen LogP contribution in [0.25, 0.3) is 0 Å². The first-order valence-electron chi connectivity index (χ1n) is 14.9. The van der Waals surface area contributed by atoms with Crippen LogP contribution in [0.4, 0.5) is 4.79 Å². The normalized spacial score (nSPS) is 17.2. The average molecular weight is 553 g/mol. The fourth-order valence-electron chi connectivity index (χ4n) is 5.26. The molecule has 4 rings (SSSR count). The predicted molar refractivity (Wildman–Crippen MR) is 159 cm³/mol.